The van der Waals surface area contributed by atoms with Crippen LogP contribution in [0, 0.1) is 0 Å². The Hall–Kier alpha value is -1.72. The summed E-state index contributed by atoms with van der Waals surface area (Å²) in [6, 6.07) is 0. The summed E-state index contributed by atoms with van der Waals surface area (Å²) in [6.45, 7) is 0. The monoisotopic (exact) mass is 136 g/mol. The molecule has 0 saturated carbocycles. The van der Waals surface area contributed by atoms with Crippen molar-refractivity contribution >= 4 is 0 Å². The minimum absolute atomic E-state index is 0.595. The van der Waals surface area contributed by atoms with Crippen LogP contribution in [0.5, 0.6) is 0 Å². The number of aromatic amines is 2. The molecule has 2 N–H and O–H groups in total. The molecule has 0 fully saturated rings. The van der Waals surface area contributed by atoms with Gasteiger partial charge in [-0.15, -0.1) is 5.10 Å². The Morgan fingerprint density at radius 1 is 1.40 bits per heavy atom. The maximum atomic E-state index is 3.81. The van der Waals surface area contributed by atoms with E-state index in [0.717, 1.165) is 5.69 Å². The minimum Gasteiger partial charge on any atom is -0.342 e. The Bertz CT molecular complexity index is 249. The van der Waals surface area contributed by atoms with Gasteiger partial charge in [-0.2, -0.15) is 0 Å². The van der Waals surface area contributed by atoms with Gasteiger partial charge < -0.3 is 4.98 Å². The first-order chi connectivity index (χ1) is 4.97. The van der Waals surface area contributed by atoms with Crippen LogP contribution in [0.2, 0.25) is 0 Å². The largest absolute Gasteiger partial charge is 0.342 e. The standard InChI is InChI=1S/C4H4N6/c1-3(6-2-5-1)4-7-9-10-8-4/h1-2H,(H,5,6)(H,7,8,9,10). The van der Waals surface area contributed by atoms with Crippen molar-refractivity contribution in [1.82, 2.24) is 30.6 Å². The smallest absolute Gasteiger partial charge is 0.197 e. The first kappa shape index (κ1) is 5.10. The molecule has 6 heteroatoms. The van der Waals surface area contributed by atoms with Crippen LogP contribution in [-0.2, 0) is 0 Å². The van der Waals surface area contributed by atoms with Gasteiger partial charge in [-0.25, -0.2) is 10.1 Å². The molecule has 0 aliphatic carbocycles. The van der Waals surface area contributed by atoms with Gasteiger partial charge in [0.05, 0.1) is 12.5 Å². The molecule has 0 radical (unpaired) electrons. The molecule has 0 unspecified atom stereocenters. The molecule has 2 aromatic heterocycles. The molecule has 2 aromatic rings. The van der Waals surface area contributed by atoms with E-state index in [1.54, 1.807) is 12.5 Å². The highest BCUT2D eigenvalue weighted by molar-refractivity contribution is 5.44. The third-order valence-electron chi connectivity index (χ3n) is 1.10. The molecule has 0 aliphatic heterocycles. The van der Waals surface area contributed by atoms with Crippen LogP contribution in [0.25, 0.3) is 11.5 Å². The van der Waals surface area contributed by atoms with Gasteiger partial charge in [-0.1, -0.05) is 0 Å². The van der Waals surface area contributed by atoms with Crippen LogP contribution in [0.4, 0.5) is 0 Å². The summed E-state index contributed by atoms with van der Waals surface area (Å²) >= 11 is 0. The molecule has 50 valence electrons. The van der Waals surface area contributed by atoms with Crippen molar-refractivity contribution in [3.8, 4) is 11.5 Å². The van der Waals surface area contributed by atoms with Crippen LogP contribution in [0.15, 0.2) is 12.5 Å². The highest BCUT2D eigenvalue weighted by Gasteiger charge is 1.99. The van der Waals surface area contributed by atoms with Gasteiger partial charge in [-0.05, 0) is 10.4 Å². The Labute approximate surface area is 55.7 Å². The molecule has 0 aromatic carbocycles. The molecular formula is C4H4N6. The summed E-state index contributed by atoms with van der Waals surface area (Å²) in [4.78, 5) is 6.66. The Morgan fingerprint density at radius 2 is 2.40 bits per heavy atom. The molecule has 0 amide bonds. The molecular weight excluding hydrogens is 132 g/mol. The predicted molar refractivity (Wildman–Crippen MR) is 31.8 cm³/mol. The van der Waals surface area contributed by atoms with E-state index in [2.05, 4.69) is 30.6 Å². The fourth-order valence-corrected chi connectivity index (χ4v) is 0.659. The van der Waals surface area contributed by atoms with Crippen molar-refractivity contribution < 1.29 is 0 Å². The van der Waals surface area contributed by atoms with Crippen molar-refractivity contribution in [1.29, 1.82) is 0 Å². The fourth-order valence-electron chi connectivity index (χ4n) is 0.659. The Morgan fingerprint density at radius 3 is 3.00 bits per heavy atom. The van der Waals surface area contributed by atoms with Crippen LogP contribution < -0.4 is 0 Å². The number of nitrogens with zero attached hydrogens (tertiary/aromatic N) is 4. The lowest BCUT2D eigenvalue weighted by Crippen LogP contribution is -1.78. The van der Waals surface area contributed by atoms with Crippen molar-refractivity contribution in [3.05, 3.63) is 12.5 Å². The summed E-state index contributed by atoms with van der Waals surface area (Å²) in [5, 5.41) is 13.1. The zero-order valence-corrected chi connectivity index (χ0v) is 4.94. The maximum absolute atomic E-state index is 3.81. The molecule has 2 heterocycles. The van der Waals surface area contributed by atoms with Gasteiger partial charge in [-0.3, -0.25) is 0 Å². The van der Waals surface area contributed by atoms with Gasteiger partial charge in [0.25, 0.3) is 0 Å². The van der Waals surface area contributed by atoms with Crippen molar-refractivity contribution in [3.63, 3.8) is 0 Å². The molecule has 0 saturated heterocycles. The number of aromatic nitrogens is 6. The minimum atomic E-state index is 0.595. The number of nitrogens with one attached hydrogen (secondary N) is 2. The number of rotatable bonds is 1. The van der Waals surface area contributed by atoms with Gasteiger partial charge >= 0.3 is 0 Å². The van der Waals surface area contributed by atoms with E-state index in [-0.39, 0.29) is 0 Å². The normalized spacial score (nSPS) is 10.0. The third-order valence-corrected chi connectivity index (χ3v) is 1.10. The Balaban J connectivity index is 2.48. The Kier molecular flexibility index (Phi) is 0.970. The van der Waals surface area contributed by atoms with Crippen LogP contribution in [-0.4, -0.2) is 30.6 Å². The average Bonchev–Trinajstić information content (AvgIpc) is 2.59. The summed E-state index contributed by atoms with van der Waals surface area (Å²) in [5.74, 6) is 0.595. The number of H-pyrrole nitrogens is 2. The lowest BCUT2D eigenvalue weighted by molar-refractivity contribution is 0.881. The highest BCUT2D eigenvalue weighted by atomic mass is 15.5. The predicted octanol–water partition coefficient (Wildman–Crippen LogP) is -0.410. The van der Waals surface area contributed by atoms with E-state index >= 15 is 0 Å². The molecule has 0 aliphatic rings. The van der Waals surface area contributed by atoms with Crippen LogP contribution in [0.3, 0.4) is 0 Å². The van der Waals surface area contributed by atoms with Crippen molar-refractivity contribution in [2.24, 2.45) is 0 Å². The topological polar surface area (TPSA) is 83.1 Å². The maximum Gasteiger partial charge on any atom is 0.197 e. The van der Waals surface area contributed by atoms with Gasteiger partial charge in [0, 0.05) is 0 Å². The number of tetrazole rings is 1. The SMILES string of the molecule is c1ncc(-c2nnn[nH]2)[nH]1. The molecule has 6 nitrogen and oxygen atoms in total. The second-order valence-electron chi connectivity index (χ2n) is 1.72. The lowest BCUT2D eigenvalue weighted by atomic mass is 10.5. The van der Waals surface area contributed by atoms with Gasteiger partial charge in [0.1, 0.15) is 5.69 Å². The third kappa shape index (κ3) is 0.661. The number of hydrogen-bond acceptors (Lipinski definition) is 4. The summed E-state index contributed by atoms with van der Waals surface area (Å²) in [7, 11) is 0. The van der Waals surface area contributed by atoms with Crippen LogP contribution in [0.1, 0.15) is 0 Å². The number of hydrogen-bond donors (Lipinski definition) is 2. The lowest BCUT2D eigenvalue weighted by Gasteiger charge is -1.81. The summed E-state index contributed by atoms with van der Waals surface area (Å²) < 4.78 is 0. The highest BCUT2D eigenvalue weighted by Crippen LogP contribution is 2.04. The van der Waals surface area contributed by atoms with E-state index < -0.39 is 0 Å². The second-order valence-corrected chi connectivity index (χ2v) is 1.72. The van der Waals surface area contributed by atoms with E-state index in [4.69, 9.17) is 0 Å². The first-order valence-electron chi connectivity index (χ1n) is 2.69. The average molecular weight is 136 g/mol. The van der Waals surface area contributed by atoms with E-state index in [0.29, 0.717) is 5.82 Å². The summed E-state index contributed by atoms with van der Waals surface area (Å²) in [5.41, 5.74) is 0.782. The zero-order valence-electron chi connectivity index (χ0n) is 4.94. The molecule has 2 rings (SSSR count). The zero-order chi connectivity index (χ0) is 6.81. The van der Waals surface area contributed by atoms with Crippen LogP contribution >= 0.6 is 0 Å². The number of imidazole rings is 1. The fraction of sp³-hybridized carbons (Fsp3) is 0. The molecule has 0 bridgehead atoms. The van der Waals surface area contributed by atoms with E-state index in [1.807, 2.05) is 0 Å². The van der Waals surface area contributed by atoms with E-state index in [9.17, 15) is 0 Å². The van der Waals surface area contributed by atoms with Crippen molar-refractivity contribution in [2.75, 3.05) is 0 Å². The van der Waals surface area contributed by atoms with E-state index in [1.165, 1.54) is 0 Å². The molecule has 0 atom stereocenters. The summed E-state index contributed by atoms with van der Waals surface area (Å²) in [6.07, 6.45) is 3.21. The molecule has 0 spiro atoms. The van der Waals surface area contributed by atoms with Gasteiger partial charge in [0.2, 0.25) is 0 Å². The van der Waals surface area contributed by atoms with Crippen molar-refractivity contribution in [2.45, 2.75) is 0 Å². The quantitative estimate of drug-likeness (QED) is 0.558. The molecule has 10 heavy (non-hydrogen) atoms. The first-order valence-corrected chi connectivity index (χ1v) is 2.69. The van der Waals surface area contributed by atoms with Gasteiger partial charge in [0.15, 0.2) is 5.82 Å². The second kappa shape index (κ2) is 1.90.